The van der Waals surface area contributed by atoms with Gasteiger partial charge in [0.15, 0.2) is 46.0 Å². The molecule has 73 heavy (non-hydrogen) atoms. The summed E-state index contributed by atoms with van der Waals surface area (Å²) in [6.45, 7) is 0.838. The third-order valence-corrected chi connectivity index (χ3v) is 11.0. The Bertz CT molecular complexity index is 3390. The maximum absolute atomic E-state index is 12.2. The third-order valence-electron chi connectivity index (χ3n) is 11.0. The Hall–Kier alpha value is -10.4. The van der Waals surface area contributed by atoms with Crippen LogP contribution in [0.3, 0.4) is 0 Å². The highest BCUT2D eigenvalue weighted by atomic mass is 16.7. The van der Waals surface area contributed by atoms with Gasteiger partial charge in [0.25, 0.3) is 17.7 Å². The van der Waals surface area contributed by atoms with Crippen molar-refractivity contribution in [3.8, 4) is 51.7 Å². The molecule has 7 aliphatic rings. The number of aliphatic imine (C=N–C) groups is 3. The molecule has 0 radical (unpaired) electrons. The molecule has 0 unspecified atom stereocenters. The zero-order chi connectivity index (χ0) is 49.7. The van der Waals surface area contributed by atoms with E-state index in [1.54, 1.807) is 78.9 Å². The van der Waals surface area contributed by atoms with Gasteiger partial charge in [-0.05, 0) is 120 Å². The van der Waals surface area contributed by atoms with Crippen LogP contribution in [0, 0.1) is 0 Å². The summed E-state index contributed by atoms with van der Waals surface area (Å²) in [6, 6.07) is 37.7. The predicted molar refractivity (Wildman–Crippen MR) is 266 cm³/mol. The normalized spacial score (nSPS) is 17.4. The molecule has 7 aliphatic heterocycles. The molecule has 7 N–H and O–H groups in total. The smallest absolute Gasteiger partial charge is 0.276 e. The van der Waals surface area contributed by atoms with Crippen LogP contribution in [-0.2, 0) is 14.4 Å². The number of fused-ring (bicyclic) bond motifs is 4. The Morgan fingerprint density at radius 1 is 0.384 bits per heavy atom. The fourth-order valence-corrected chi connectivity index (χ4v) is 7.52. The largest absolute Gasteiger partial charge is 0.508 e. The first kappa shape index (κ1) is 45.0. The van der Waals surface area contributed by atoms with Crippen LogP contribution < -0.4 is 69.8 Å². The first-order valence-corrected chi connectivity index (χ1v) is 22.3. The number of benzene rings is 6. The number of anilines is 3. The van der Waals surface area contributed by atoms with Gasteiger partial charge in [-0.25, -0.2) is 15.0 Å². The Morgan fingerprint density at radius 3 is 1.12 bits per heavy atom. The average molecular weight is 982 g/mol. The molecule has 13 rings (SSSR count). The van der Waals surface area contributed by atoms with Crippen LogP contribution in [0.4, 0.5) is 17.1 Å². The topological polar surface area (TPSA) is 255 Å². The molecule has 0 spiro atoms. The first-order valence-electron chi connectivity index (χ1n) is 22.3. The second-order valence-electron chi connectivity index (χ2n) is 16.0. The van der Waals surface area contributed by atoms with Gasteiger partial charge in [0.1, 0.15) is 22.8 Å². The molecule has 0 aromatic heterocycles. The van der Waals surface area contributed by atoms with E-state index in [9.17, 15) is 19.5 Å². The summed E-state index contributed by atoms with van der Waals surface area (Å²) < 4.78 is 42.4. The monoisotopic (exact) mass is 981 g/mol. The van der Waals surface area contributed by atoms with E-state index < -0.39 is 0 Å². The van der Waals surface area contributed by atoms with Gasteiger partial charge >= 0.3 is 0 Å². The van der Waals surface area contributed by atoms with E-state index in [0.29, 0.717) is 81.0 Å². The molecule has 0 bridgehead atoms. The van der Waals surface area contributed by atoms with Crippen LogP contribution in [0.1, 0.15) is 16.7 Å². The minimum Gasteiger partial charge on any atom is -0.508 e. The number of hydrogen-bond donors (Lipinski definition) is 7. The summed E-state index contributed by atoms with van der Waals surface area (Å²) in [5, 5.41) is 26.4. The van der Waals surface area contributed by atoms with Crippen molar-refractivity contribution < 1.29 is 57.4 Å². The number of rotatable bonds is 6. The van der Waals surface area contributed by atoms with Gasteiger partial charge in [-0.1, -0.05) is 36.4 Å². The number of carbonyl (C=O) groups excluding carboxylic acids is 3. The van der Waals surface area contributed by atoms with Gasteiger partial charge in [0.05, 0.1) is 0 Å². The van der Waals surface area contributed by atoms with Gasteiger partial charge in [-0.15, -0.1) is 0 Å². The number of amides is 3. The lowest BCUT2D eigenvalue weighted by atomic mass is 10.1. The third kappa shape index (κ3) is 10.6. The number of phenols is 1. The number of nitrogens with zero attached hydrogens (tertiary/aromatic N) is 3. The Balaban J connectivity index is 0.000000118. The van der Waals surface area contributed by atoms with Crippen molar-refractivity contribution >= 4 is 70.9 Å². The lowest BCUT2D eigenvalue weighted by Crippen LogP contribution is -2.29. The number of carbonyl (C=O) groups is 3. The Morgan fingerprint density at radius 2 is 0.712 bits per heavy atom. The standard InChI is InChI=1S/C18H13N3O5.C17H13N3O4.C17H13N3O3/c22-17-12(5-10-1-3-13-15(6-10)25-8-23-13)20-18(21-17)19-11-2-4-14-16(7-11)26-9-24-14;21-12-4-2-11(3-5-12)18-17-19-13(16(22)20-17)7-10-1-6-14-15(8-10)24-9-23-14;21-16-13(8-11-6-7-14-15(9-11)23-10-22-14)19-17(20-16)18-12-4-2-1-3-5-12/h1-7H,8-9H2,(H2,19,20,21,22);1-8,21H,9H2,(H2,18,19,20,22);1-9H,10H2,(H2,18,19,20,21)/b12-5-;13-7-;13-8-. The molecule has 0 saturated heterocycles. The number of ether oxygens (including phenoxy) is 8. The quantitative estimate of drug-likeness (QED) is 0.0695. The molecular weight excluding hydrogens is 943 g/mol. The maximum Gasteiger partial charge on any atom is 0.276 e. The lowest BCUT2D eigenvalue weighted by molar-refractivity contribution is -0.116. The Kier molecular flexibility index (Phi) is 12.3. The van der Waals surface area contributed by atoms with Crippen LogP contribution in [0.15, 0.2) is 159 Å². The number of para-hydroxylation sites is 1. The van der Waals surface area contributed by atoms with E-state index in [2.05, 4.69) is 46.9 Å². The molecule has 0 aliphatic carbocycles. The molecular formula is C52H39N9O12. The van der Waals surface area contributed by atoms with E-state index >= 15 is 0 Å². The molecule has 21 heteroatoms. The molecule has 6 aromatic rings. The van der Waals surface area contributed by atoms with Crippen molar-refractivity contribution in [3.05, 3.63) is 161 Å². The summed E-state index contributed by atoms with van der Waals surface area (Å²) in [7, 11) is 0. The van der Waals surface area contributed by atoms with Gasteiger partial charge in [-0.3, -0.25) is 30.3 Å². The van der Waals surface area contributed by atoms with Crippen molar-refractivity contribution in [2.24, 2.45) is 15.0 Å². The molecule has 0 saturated carbocycles. The number of guanidine groups is 3. The number of aromatic hydroxyl groups is 1. The number of phenolic OH excluding ortho intramolecular Hbond substituents is 1. The second-order valence-corrected chi connectivity index (χ2v) is 16.0. The second kappa shape index (κ2) is 19.9. The molecule has 364 valence electrons. The van der Waals surface area contributed by atoms with Crippen LogP contribution in [-0.4, -0.2) is 67.9 Å². The highest BCUT2D eigenvalue weighted by Crippen LogP contribution is 2.37. The van der Waals surface area contributed by atoms with Crippen molar-refractivity contribution in [1.29, 1.82) is 0 Å². The van der Waals surface area contributed by atoms with E-state index in [-0.39, 0.29) is 56.3 Å². The first-order chi connectivity index (χ1) is 35.7. The van der Waals surface area contributed by atoms with Crippen LogP contribution >= 0.6 is 0 Å². The summed E-state index contributed by atoms with van der Waals surface area (Å²) in [4.78, 5) is 49.1. The van der Waals surface area contributed by atoms with E-state index in [0.717, 1.165) is 28.1 Å². The molecule has 0 fully saturated rings. The van der Waals surface area contributed by atoms with E-state index in [1.165, 1.54) is 0 Å². The summed E-state index contributed by atoms with van der Waals surface area (Å²) >= 11 is 0. The average Bonchev–Trinajstić information content (AvgIpc) is 4.28. The van der Waals surface area contributed by atoms with Gasteiger partial charge < -0.3 is 59.0 Å². The molecule has 0 atom stereocenters. The van der Waals surface area contributed by atoms with Gasteiger partial charge in [0, 0.05) is 23.1 Å². The Labute approximate surface area is 414 Å². The fourth-order valence-electron chi connectivity index (χ4n) is 7.52. The zero-order valence-corrected chi connectivity index (χ0v) is 38.0. The van der Waals surface area contributed by atoms with E-state index in [4.69, 9.17) is 37.9 Å². The molecule has 3 amide bonds. The molecule has 21 nitrogen and oxygen atoms in total. The minimum atomic E-state index is -0.297. The zero-order valence-electron chi connectivity index (χ0n) is 38.0. The summed E-state index contributed by atoms with van der Waals surface area (Å²) in [5.74, 6) is 5.82. The van der Waals surface area contributed by atoms with Gasteiger partial charge in [-0.2, -0.15) is 0 Å². The minimum absolute atomic E-state index is 0.168. The van der Waals surface area contributed by atoms with Crippen molar-refractivity contribution in [2.75, 3.05) is 43.1 Å². The lowest BCUT2D eigenvalue weighted by Gasteiger charge is -2.05. The number of nitrogens with one attached hydrogen (secondary N) is 6. The molecule has 7 heterocycles. The van der Waals surface area contributed by atoms with Crippen molar-refractivity contribution in [2.45, 2.75) is 0 Å². The van der Waals surface area contributed by atoms with Crippen molar-refractivity contribution in [3.63, 3.8) is 0 Å². The molecule has 6 aromatic carbocycles. The highest BCUT2D eigenvalue weighted by molar-refractivity contribution is 6.19. The predicted octanol–water partition coefficient (Wildman–Crippen LogP) is 6.50. The highest BCUT2D eigenvalue weighted by Gasteiger charge is 2.25. The van der Waals surface area contributed by atoms with Crippen LogP contribution in [0.2, 0.25) is 0 Å². The van der Waals surface area contributed by atoms with E-state index in [1.807, 2.05) is 66.7 Å². The fraction of sp³-hybridized carbons (Fsp3) is 0.0769. The van der Waals surface area contributed by atoms with Gasteiger partial charge in [0.2, 0.25) is 45.1 Å². The van der Waals surface area contributed by atoms with Crippen molar-refractivity contribution in [1.82, 2.24) is 16.0 Å². The summed E-state index contributed by atoms with van der Waals surface area (Å²) in [6.07, 6.45) is 5.06. The number of hydrogen-bond acceptors (Lipinski definition) is 18. The summed E-state index contributed by atoms with van der Waals surface area (Å²) in [5.41, 5.74) is 5.63. The maximum atomic E-state index is 12.2. The van der Waals surface area contributed by atoms with Crippen LogP contribution in [0.25, 0.3) is 18.2 Å². The SMILES string of the molecule is O=C1NC(Nc2ccc(O)cc2)=N/C1=C\c1ccc2c(c1)OCO2.O=C1NC(Nc2ccc3c(c2)OCO3)=N/C1=C\c1ccc2c(c1)OCO2.O=C1NC(Nc2ccccc2)=N/C1=C\c1ccc2c(c1)OCO2. The van der Waals surface area contributed by atoms with Crippen LogP contribution in [0.5, 0.6) is 51.7 Å².